The first-order chi connectivity index (χ1) is 8.61. The van der Waals surface area contributed by atoms with Gasteiger partial charge in [0, 0.05) is 18.6 Å². The molecule has 2 heteroatoms. The van der Waals surface area contributed by atoms with Gasteiger partial charge in [-0.2, -0.15) is 0 Å². The third kappa shape index (κ3) is 3.96. The Morgan fingerprint density at radius 3 is 2.61 bits per heavy atom. The SMILES string of the molecule is CCN(CC1CCCN1)C1CCCC(C)(C)CC1. The summed E-state index contributed by atoms with van der Waals surface area (Å²) < 4.78 is 0. The van der Waals surface area contributed by atoms with Crippen molar-refractivity contribution in [3.8, 4) is 0 Å². The van der Waals surface area contributed by atoms with Crippen molar-refractivity contribution in [3.63, 3.8) is 0 Å². The molecule has 2 unspecified atom stereocenters. The Kier molecular flexibility index (Phi) is 5.08. The van der Waals surface area contributed by atoms with Gasteiger partial charge in [-0.25, -0.2) is 0 Å². The molecule has 1 heterocycles. The fourth-order valence-corrected chi connectivity index (χ4v) is 3.74. The zero-order valence-corrected chi connectivity index (χ0v) is 12.7. The normalized spacial score (nSPS) is 32.7. The highest BCUT2D eigenvalue weighted by atomic mass is 15.2. The molecule has 0 aromatic carbocycles. The van der Waals surface area contributed by atoms with Crippen molar-refractivity contribution in [1.82, 2.24) is 10.2 Å². The highest BCUT2D eigenvalue weighted by Crippen LogP contribution is 2.35. The summed E-state index contributed by atoms with van der Waals surface area (Å²) in [7, 11) is 0. The van der Waals surface area contributed by atoms with Crippen molar-refractivity contribution in [1.29, 1.82) is 0 Å². The van der Waals surface area contributed by atoms with Gasteiger partial charge < -0.3 is 5.32 Å². The maximum absolute atomic E-state index is 3.65. The maximum Gasteiger partial charge on any atom is 0.0195 e. The molecule has 0 spiro atoms. The lowest BCUT2D eigenvalue weighted by Crippen LogP contribution is -2.43. The van der Waals surface area contributed by atoms with E-state index in [0.717, 1.165) is 12.1 Å². The van der Waals surface area contributed by atoms with E-state index in [9.17, 15) is 0 Å². The van der Waals surface area contributed by atoms with Crippen molar-refractivity contribution >= 4 is 0 Å². The summed E-state index contributed by atoms with van der Waals surface area (Å²) in [6.45, 7) is 11.0. The van der Waals surface area contributed by atoms with Crippen molar-refractivity contribution in [2.24, 2.45) is 5.41 Å². The minimum absolute atomic E-state index is 0.583. The standard InChI is InChI=1S/C16H32N2/c1-4-18(13-14-7-6-12-17-14)15-8-5-10-16(2,3)11-9-15/h14-15,17H,4-13H2,1-3H3. The zero-order valence-electron chi connectivity index (χ0n) is 12.7. The van der Waals surface area contributed by atoms with E-state index in [2.05, 4.69) is 31.0 Å². The monoisotopic (exact) mass is 252 g/mol. The lowest BCUT2D eigenvalue weighted by atomic mass is 9.85. The van der Waals surface area contributed by atoms with Crippen LogP contribution in [0, 0.1) is 5.41 Å². The Bertz CT molecular complexity index is 243. The predicted octanol–water partition coefficient (Wildman–Crippen LogP) is 3.42. The molecule has 2 nitrogen and oxygen atoms in total. The van der Waals surface area contributed by atoms with Crippen LogP contribution in [0.3, 0.4) is 0 Å². The Labute approximate surface area is 114 Å². The van der Waals surface area contributed by atoms with Gasteiger partial charge in [-0.15, -0.1) is 0 Å². The number of nitrogens with zero attached hydrogens (tertiary/aromatic N) is 1. The molecular formula is C16H32N2. The zero-order chi connectivity index (χ0) is 13.0. The Balaban J connectivity index is 1.86. The highest BCUT2D eigenvalue weighted by molar-refractivity contribution is 4.84. The first-order valence-corrected chi connectivity index (χ1v) is 8.08. The number of hydrogen-bond donors (Lipinski definition) is 1. The van der Waals surface area contributed by atoms with Gasteiger partial charge in [0.2, 0.25) is 0 Å². The fraction of sp³-hybridized carbons (Fsp3) is 1.00. The van der Waals surface area contributed by atoms with Gasteiger partial charge in [-0.05, 0) is 57.0 Å². The van der Waals surface area contributed by atoms with Crippen LogP contribution in [-0.4, -0.2) is 36.6 Å². The summed E-state index contributed by atoms with van der Waals surface area (Å²) in [5, 5.41) is 3.65. The van der Waals surface area contributed by atoms with Crippen LogP contribution in [0.15, 0.2) is 0 Å². The molecule has 0 bridgehead atoms. The molecule has 0 aromatic rings. The van der Waals surface area contributed by atoms with Crippen LogP contribution in [0.1, 0.15) is 65.7 Å². The van der Waals surface area contributed by atoms with E-state index in [1.165, 1.54) is 64.6 Å². The molecule has 2 fully saturated rings. The molecule has 106 valence electrons. The maximum atomic E-state index is 3.65. The summed E-state index contributed by atoms with van der Waals surface area (Å²) in [6.07, 6.45) is 9.84. The third-order valence-electron chi connectivity index (χ3n) is 5.09. The second-order valence-electron chi connectivity index (χ2n) is 7.13. The Morgan fingerprint density at radius 1 is 1.11 bits per heavy atom. The lowest BCUT2D eigenvalue weighted by molar-refractivity contribution is 0.168. The molecule has 1 saturated carbocycles. The number of likely N-dealkylation sites (N-methyl/N-ethyl adjacent to an activating group) is 1. The van der Waals surface area contributed by atoms with Gasteiger partial charge >= 0.3 is 0 Å². The van der Waals surface area contributed by atoms with E-state index in [-0.39, 0.29) is 0 Å². The summed E-state index contributed by atoms with van der Waals surface area (Å²) in [5.74, 6) is 0. The second kappa shape index (κ2) is 6.38. The minimum Gasteiger partial charge on any atom is -0.313 e. The van der Waals surface area contributed by atoms with Gasteiger partial charge in [0.15, 0.2) is 0 Å². The van der Waals surface area contributed by atoms with Crippen LogP contribution in [0.4, 0.5) is 0 Å². The van der Waals surface area contributed by atoms with E-state index < -0.39 is 0 Å². The minimum atomic E-state index is 0.583. The van der Waals surface area contributed by atoms with Gasteiger partial charge in [-0.3, -0.25) is 4.90 Å². The first kappa shape index (κ1) is 14.3. The average Bonchev–Trinajstić information content (AvgIpc) is 2.77. The largest absolute Gasteiger partial charge is 0.313 e. The molecule has 1 saturated heterocycles. The molecule has 0 amide bonds. The van der Waals surface area contributed by atoms with Gasteiger partial charge in [-0.1, -0.05) is 27.2 Å². The fourth-order valence-electron chi connectivity index (χ4n) is 3.74. The average molecular weight is 252 g/mol. The van der Waals surface area contributed by atoms with E-state index in [4.69, 9.17) is 0 Å². The van der Waals surface area contributed by atoms with E-state index in [1.54, 1.807) is 0 Å². The first-order valence-electron chi connectivity index (χ1n) is 8.08. The molecule has 2 atom stereocenters. The molecule has 1 aliphatic carbocycles. The number of nitrogens with one attached hydrogen (secondary N) is 1. The molecule has 0 radical (unpaired) electrons. The smallest absolute Gasteiger partial charge is 0.0195 e. The molecule has 18 heavy (non-hydrogen) atoms. The van der Waals surface area contributed by atoms with Crippen molar-refractivity contribution < 1.29 is 0 Å². The van der Waals surface area contributed by atoms with E-state index in [0.29, 0.717) is 5.41 Å². The number of hydrogen-bond acceptors (Lipinski definition) is 2. The van der Waals surface area contributed by atoms with Gasteiger partial charge in [0.1, 0.15) is 0 Å². The highest BCUT2D eigenvalue weighted by Gasteiger charge is 2.28. The van der Waals surface area contributed by atoms with Crippen LogP contribution in [0.25, 0.3) is 0 Å². The van der Waals surface area contributed by atoms with Crippen molar-refractivity contribution in [2.45, 2.75) is 77.8 Å². The summed E-state index contributed by atoms with van der Waals surface area (Å²) in [6, 6.07) is 1.61. The number of rotatable bonds is 4. The Hall–Kier alpha value is -0.0800. The molecule has 1 aliphatic heterocycles. The molecular weight excluding hydrogens is 220 g/mol. The van der Waals surface area contributed by atoms with Gasteiger partial charge in [0.25, 0.3) is 0 Å². The summed E-state index contributed by atoms with van der Waals surface area (Å²) in [5.41, 5.74) is 0.583. The summed E-state index contributed by atoms with van der Waals surface area (Å²) >= 11 is 0. The topological polar surface area (TPSA) is 15.3 Å². The van der Waals surface area contributed by atoms with Crippen molar-refractivity contribution in [2.75, 3.05) is 19.6 Å². The summed E-state index contributed by atoms with van der Waals surface area (Å²) in [4.78, 5) is 2.75. The second-order valence-corrected chi connectivity index (χ2v) is 7.13. The lowest BCUT2D eigenvalue weighted by Gasteiger charge is -2.32. The van der Waals surface area contributed by atoms with E-state index >= 15 is 0 Å². The molecule has 2 aliphatic rings. The van der Waals surface area contributed by atoms with Gasteiger partial charge in [0.05, 0.1) is 0 Å². The Morgan fingerprint density at radius 2 is 1.94 bits per heavy atom. The van der Waals surface area contributed by atoms with Crippen LogP contribution in [0.5, 0.6) is 0 Å². The predicted molar refractivity (Wildman–Crippen MR) is 78.9 cm³/mol. The van der Waals surface area contributed by atoms with Crippen LogP contribution in [-0.2, 0) is 0 Å². The van der Waals surface area contributed by atoms with Crippen LogP contribution >= 0.6 is 0 Å². The molecule has 0 aromatic heterocycles. The molecule has 1 N–H and O–H groups in total. The van der Waals surface area contributed by atoms with Crippen LogP contribution in [0.2, 0.25) is 0 Å². The van der Waals surface area contributed by atoms with E-state index in [1.807, 2.05) is 0 Å². The quantitative estimate of drug-likeness (QED) is 0.771. The van der Waals surface area contributed by atoms with Crippen LogP contribution < -0.4 is 5.32 Å². The third-order valence-corrected chi connectivity index (χ3v) is 5.09. The van der Waals surface area contributed by atoms with Crippen molar-refractivity contribution in [3.05, 3.63) is 0 Å². The molecule has 2 rings (SSSR count).